The first-order valence-corrected chi connectivity index (χ1v) is 3.34. The van der Waals surface area contributed by atoms with Gasteiger partial charge in [0.15, 0.2) is 0 Å². The van der Waals surface area contributed by atoms with Crippen LogP contribution in [0.1, 0.15) is 18.4 Å². The molecule has 1 unspecified atom stereocenters. The van der Waals surface area contributed by atoms with Crippen LogP contribution in [0.25, 0.3) is 0 Å². The van der Waals surface area contributed by atoms with E-state index in [1.54, 1.807) is 31.5 Å². The third kappa shape index (κ3) is 1.77. The van der Waals surface area contributed by atoms with Gasteiger partial charge >= 0.3 is 5.97 Å². The van der Waals surface area contributed by atoms with Crippen LogP contribution < -0.4 is 0 Å². The molecule has 3 nitrogen and oxygen atoms in total. The molecule has 58 valence electrons. The number of pyridine rings is 1. The lowest BCUT2D eigenvalue weighted by molar-refractivity contribution is -0.138. The Kier molecular flexibility index (Phi) is 2.21. The van der Waals surface area contributed by atoms with Gasteiger partial charge in [-0.3, -0.25) is 9.78 Å². The lowest BCUT2D eigenvalue weighted by Gasteiger charge is -2.03. The van der Waals surface area contributed by atoms with Crippen LogP contribution in [-0.2, 0) is 4.79 Å². The van der Waals surface area contributed by atoms with E-state index in [4.69, 9.17) is 5.11 Å². The summed E-state index contributed by atoms with van der Waals surface area (Å²) in [4.78, 5) is 14.3. The van der Waals surface area contributed by atoms with E-state index in [9.17, 15) is 4.79 Å². The minimum Gasteiger partial charge on any atom is -0.481 e. The predicted octanol–water partition coefficient (Wildman–Crippen LogP) is 1.27. The van der Waals surface area contributed by atoms with Gasteiger partial charge in [0, 0.05) is 12.4 Å². The molecule has 0 fully saturated rings. The first kappa shape index (κ1) is 7.72. The highest BCUT2D eigenvalue weighted by molar-refractivity contribution is 5.75. The SMILES string of the molecule is CC(C(=O)O)c1cccnc1. The monoisotopic (exact) mass is 151 g/mol. The number of carboxylic acid groups (broad SMARTS) is 1. The lowest BCUT2D eigenvalue weighted by Crippen LogP contribution is -2.07. The molecule has 1 aromatic rings. The maximum Gasteiger partial charge on any atom is 0.310 e. The highest BCUT2D eigenvalue weighted by atomic mass is 16.4. The summed E-state index contributed by atoms with van der Waals surface area (Å²) in [6, 6.07) is 3.49. The Balaban J connectivity index is 2.85. The van der Waals surface area contributed by atoms with E-state index in [1.165, 1.54) is 0 Å². The standard InChI is InChI=1S/C8H9NO2/c1-6(8(10)11)7-3-2-4-9-5-7/h2-6H,1H3,(H,10,11). The molecule has 0 bridgehead atoms. The molecule has 1 aromatic heterocycles. The first-order valence-electron chi connectivity index (χ1n) is 3.34. The molecule has 0 aliphatic rings. The number of hydrogen-bond acceptors (Lipinski definition) is 2. The number of rotatable bonds is 2. The number of aliphatic carboxylic acids is 1. The summed E-state index contributed by atoms with van der Waals surface area (Å²) in [5, 5.41) is 8.61. The maximum atomic E-state index is 10.5. The second-order valence-electron chi connectivity index (χ2n) is 2.35. The van der Waals surface area contributed by atoms with Crippen LogP contribution in [0.4, 0.5) is 0 Å². The zero-order chi connectivity index (χ0) is 8.27. The maximum absolute atomic E-state index is 10.5. The van der Waals surface area contributed by atoms with E-state index in [1.807, 2.05) is 0 Å². The van der Waals surface area contributed by atoms with Crippen LogP contribution in [0.15, 0.2) is 24.5 Å². The van der Waals surface area contributed by atoms with Gasteiger partial charge < -0.3 is 5.11 Å². The van der Waals surface area contributed by atoms with Crippen LogP contribution in [0.5, 0.6) is 0 Å². The van der Waals surface area contributed by atoms with Crippen molar-refractivity contribution in [3.05, 3.63) is 30.1 Å². The smallest absolute Gasteiger partial charge is 0.310 e. The minimum absolute atomic E-state index is 0.469. The Morgan fingerprint density at radius 1 is 1.73 bits per heavy atom. The van der Waals surface area contributed by atoms with Crippen molar-refractivity contribution in [1.29, 1.82) is 0 Å². The molecule has 0 saturated carbocycles. The molecule has 1 rings (SSSR count). The number of nitrogens with zero attached hydrogens (tertiary/aromatic N) is 1. The Morgan fingerprint density at radius 2 is 2.45 bits per heavy atom. The molecule has 0 radical (unpaired) electrons. The summed E-state index contributed by atoms with van der Waals surface area (Å²) in [6.07, 6.45) is 3.19. The van der Waals surface area contributed by atoms with E-state index in [2.05, 4.69) is 4.98 Å². The van der Waals surface area contributed by atoms with Crippen LogP contribution in [0.3, 0.4) is 0 Å². The average molecular weight is 151 g/mol. The van der Waals surface area contributed by atoms with Crippen molar-refractivity contribution >= 4 is 5.97 Å². The number of carbonyl (C=O) groups is 1. The first-order chi connectivity index (χ1) is 5.22. The van der Waals surface area contributed by atoms with Gasteiger partial charge in [-0.2, -0.15) is 0 Å². The van der Waals surface area contributed by atoms with E-state index in [0.29, 0.717) is 0 Å². The zero-order valence-corrected chi connectivity index (χ0v) is 6.19. The van der Waals surface area contributed by atoms with Gasteiger partial charge in [0.25, 0.3) is 0 Å². The van der Waals surface area contributed by atoms with Crippen molar-refractivity contribution in [3.63, 3.8) is 0 Å². The van der Waals surface area contributed by atoms with Crippen LogP contribution in [0.2, 0.25) is 0 Å². The van der Waals surface area contributed by atoms with Crippen molar-refractivity contribution in [2.75, 3.05) is 0 Å². The topological polar surface area (TPSA) is 50.2 Å². The van der Waals surface area contributed by atoms with Crippen LogP contribution in [0, 0.1) is 0 Å². The van der Waals surface area contributed by atoms with E-state index in [-0.39, 0.29) is 0 Å². The summed E-state index contributed by atoms with van der Waals surface area (Å²) < 4.78 is 0. The summed E-state index contributed by atoms with van der Waals surface area (Å²) in [5.74, 6) is -1.29. The summed E-state index contributed by atoms with van der Waals surface area (Å²) in [6.45, 7) is 1.64. The molecular weight excluding hydrogens is 142 g/mol. The van der Waals surface area contributed by atoms with Gasteiger partial charge in [-0.1, -0.05) is 6.07 Å². The summed E-state index contributed by atoms with van der Waals surface area (Å²) in [7, 11) is 0. The third-order valence-corrected chi connectivity index (χ3v) is 1.55. The molecule has 0 spiro atoms. The van der Waals surface area contributed by atoms with Crippen molar-refractivity contribution in [1.82, 2.24) is 4.98 Å². The molecule has 0 amide bonds. The molecule has 1 atom stereocenters. The third-order valence-electron chi connectivity index (χ3n) is 1.55. The average Bonchev–Trinajstić information content (AvgIpc) is 2.05. The van der Waals surface area contributed by atoms with Crippen molar-refractivity contribution < 1.29 is 9.90 Å². The van der Waals surface area contributed by atoms with Crippen molar-refractivity contribution in [2.45, 2.75) is 12.8 Å². The predicted molar refractivity (Wildman–Crippen MR) is 40.3 cm³/mol. The fourth-order valence-corrected chi connectivity index (χ4v) is 0.775. The van der Waals surface area contributed by atoms with Gasteiger partial charge in [0.1, 0.15) is 0 Å². The number of hydrogen-bond donors (Lipinski definition) is 1. The van der Waals surface area contributed by atoms with Crippen molar-refractivity contribution in [2.24, 2.45) is 0 Å². The Morgan fingerprint density at radius 3 is 2.91 bits per heavy atom. The summed E-state index contributed by atoms with van der Waals surface area (Å²) >= 11 is 0. The fraction of sp³-hybridized carbons (Fsp3) is 0.250. The van der Waals surface area contributed by atoms with Gasteiger partial charge in [0.05, 0.1) is 5.92 Å². The normalized spacial score (nSPS) is 12.5. The van der Waals surface area contributed by atoms with Crippen LogP contribution >= 0.6 is 0 Å². The molecular formula is C8H9NO2. The van der Waals surface area contributed by atoms with Gasteiger partial charge in [0.2, 0.25) is 0 Å². The minimum atomic E-state index is -0.821. The highest BCUT2D eigenvalue weighted by Gasteiger charge is 2.12. The second-order valence-corrected chi connectivity index (χ2v) is 2.35. The Labute approximate surface area is 64.7 Å². The molecule has 1 heterocycles. The summed E-state index contributed by atoms with van der Waals surface area (Å²) in [5.41, 5.74) is 0.736. The number of aromatic nitrogens is 1. The molecule has 11 heavy (non-hydrogen) atoms. The molecule has 0 saturated heterocycles. The molecule has 0 aromatic carbocycles. The Bertz CT molecular complexity index is 246. The zero-order valence-electron chi connectivity index (χ0n) is 6.19. The molecule has 3 heteroatoms. The quantitative estimate of drug-likeness (QED) is 0.692. The Hall–Kier alpha value is -1.38. The lowest BCUT2D eigenvalue weighted by atomic mass is 10.0. The highest BCUT2D eigenvalue weighted by Crippen LogP contribution is 2.12. The molecule has 0 aliphatic heterocycles. The van der Waals surface area contributed by atoms with E-state index < -0.39 is 11.9 Å². The van der Waals surface area contributed by atoms with E-state index >= 15 is 0 Å². The van der Waals surface area contributed by atoms with Gasteiger partial charge in [-0.05, 0) is 18.6 Å². The second kappa shape index (κ2) is 3.14. The largest absolute Gasteiger partial charge is 0.481 e. The fourth-order valence-electron chi connectivity index (χ4n) is 0.775. The van der Waals surface area contributed by atoms with E-state index in [0.717, 1.165) is 5.56 Å². The number of carboxylic acids is 1. The van der Waals surface area contributed by atoms with Gasteiger partial charge in [-0.25, -0.2) is 0 Å². The van der Waals surface area contributed by atoms with Crippen molar-refractivity contribution in [3.8, 4) is 0 Å². The van der Waals surface area contributed by atoms with Gasteiger partial charge in [-0.15, -0.1) is 0 Å². The van der Waals surface area contributed by atoms with Crippen LogP contribution in [-0.4, -0.2) is 16.1 Å². The molecule has 0 aliphatic carbocycles. The molecule has 1 N–H and O–H groups in total.